The Morgan fingerprint density at radius 3 is 2.88 bits per heavy atom. The molecule has 2 nitrogen and oxygen atoms in total. The Labute approximate surface area is 104 Å². The summed E-state index contributed by atoms with van der Waals surface area (Å²) in [6, 6.07) is 10.4. The molecule has 17 heavy (non-hydrogen) atoms. The number of pyridine rings is 1. The number of aryl methyl sites for hydroxylation is 1. The monoisotopic (exact) mass is 240 g/mol. The first-order valence-corrected chi connectivity index (χ1v) is 6.37. The number of nitrogens with zero attached hydrogens (tertiary/aromatic N) is 1. The third-order valence-electron chi connectivity index (χ3n) is 2.76. The molecule has 3 heterocycles. The zero-order valence-electron chi connectivity index (χ0n) is 9.47. The van der Waals surface area contributed by atoms with Crippen LogP contribution in [-0.4, -0.2) is 9.97 Å². The maximum absolute atomic E-state index is 4.39. The van der Waals surface area contributed by atoms with E-state index >= 15 is 0 Å². The smallest absolute Gasteiger partial charge is 0.0870 e. The molecule has 84 valence electrons. The van der Waals surface area contributed by atoms with E-state index in [4.69, 9.17) is 0 Å². The van der Waals surface area contributed by atoms with Crippen LogP contribution >= 0.6 is 11.3 Å². The highest BCUT2D eigenvalue weighted by atomic mass is 32.1. The first-order valence-electron chi connectivity index (χ1n) is 5.49. The molecule has 3 heteroatoms. The lowest BCUT2D eigenvalue weighted by Gasteiger charge is -2.02. The van der Waals surface area contributed by atoms with Crippen LogP contribution in [0.5, 0.6) is 0 Å². The Balaban J connectivity index is 2.09. The molecular weight excluding hydrogens is 228 g/mol. The maximum atomic E-state index is 4.39. The quantitative estimate of drug-likeness (QED) is 0.717. The van der Waals surface area contributed by atoms with Crippen LogP contribution < -0.4 is 0 Å². The number of rotatable bonds is 2. The highest BCUT2D eigenvalue weighted by Crippen LogP contribution is 2.30. The van der Waals surface area contributed by atoms with Gasteiger partial charge in [0.25, 0.3) is 0 Å². The summed E-state index contributed by atoms with van der Waals surface area (Å²) >= 11 is 1.77. The van der Waals surface area contributed by atoms with E-state index in [0.29, 0.717) is 0 Å². The molecule has 0 aliphatic heterocycles. The van der Waals surface area contributed by atoms with Crippen molar-refractivity contribution in [1.29, 1.82) is 0 Å². The van der Waals surface area contributed by atoms with Crippen molar-refractivity contribution in [3.05, 3.63) is 53.7 Å². The summed E-state index contributed by atoms with van der Waals surface area (Å²) in [6.07, 6.45) is 3.78. The van der Waals surface area contributed by atoms with Crippen molar-refractivity contribution in [1.82, 2.24) is 9.97 Å². The molecule has 0 aliphatic rings. The lowest BCUT2D eigenvalue weighted by Crippen LogP contribution is -1.84. The normalized spacial score (nSPS) is 10.6. The predicted octanol–water partition coefficient (Wildman–Crippen LogP) is 4.11. The van der Waals surface area contributed by atoms with Gasteiger partial charge in [-0.15, -0.1) is 11.3 Å². The van der Waals surface area contributed by atoms with Crippen LogP contribution in [0.2, 0.25) is 0 Å². The van der Waals surface area contributed by atoms with Gasteiger partial charge in [-0.05, 0) is 53.8 Å². The number of H-pyrrole nitrogens is 1. The van der Waals surface area contributed by atoms with Gasteiger partial charge in [-0.25, -0.2) is 0 Å². The Morgan fingerprint density at radius 2 is 2.18 bits per heavy atom. The van der Waals surface area contributed by atoms with Crippen molar-refractivity contribution >= 4 is 11.3 Å². The Morgan fingerprint density at radius 1 is 1.24 bits per heavy atom. The van der Waals surface area contributed by atoms with Crippen molar-refractivity contribution in [3.63, 3.8) is 0 Å². The number of hydrogen-bond donors (Lipinski definition) is 1. The van der Waals surface area contributed by atoms with Crippen molar-refractivity contribution < 1.29 is 0 Å². The van der Waals surface area contributed by atoms with Gasteiger partial charge in [0, 0.05) is 17.3 Å². The second-order valence-corrected chi connectivity index (χ2v) is 4.86. The van der Waals surface area contributed by atoms with Crippen LogP contribution in [0, 0.1) is 6.92 Å². The topological polar surface area (TPSA) is 28.7 Å². The van der Waals surface area contributed by atoms with Crippen LogP contribution in [0.4, 0.5) is 0 Å². The Hall–Kier alpha value is -1.87. The third kappa shape index (κ3) is 1.89. The van der Waals surface area contributed by atoms with E-state index in [-0.39, 0.29) is 0 Å². The van der Waals surface area contributed by atoms with Crippen molar-refractivity contribution in [2.45, 2.75) is 6.92 Å². The Bertz CT molecular complexity index is 623. The molecule has 3 aromatic rings. The Kier molecular flexibility index (Phi) is 2.53. The summed E-state index contributed by atoms with van der Waals surface area (Å²) in [4.78, 5) is 8.90. The maximum Gasteiger partial charge on any atom is 0.0870 e. The molecule has 0 amide bonds. The number of thiophene rings is 1. The molecule has 3 aromatic heterocycles. The average molecular weight is 240 g/mol. The lowest BCUT2D eigenvalue weighted by molar-refractivity contribution is 1.28. The first-order chi connectivity index (χ1) is 8.34. The number of hydrogen-bond acceptors (Lipinski definition) is 2. The van der Waals surface area contributed by atoms with Gasteiger partial charge in [-0.3, -0.25) is 4.98 Å². The number of aromatic nitrogens is 2. The third-order valence-corrected chi connectivity index (χ3v) is 3.82. The summed E-state index contributed by atoms with van der Waals surface area (Å²) in [7, 11) is 0. The fraction of sp³-hybridized carbons (Fsp3) is 0.0714. The lowest BCUT2D eigenvalue weighted by atomic mass is 10.1. The first kappa shape index (κ1) is 10.3. The molecule has 0 aromatic carbocycles. The van der Waals surface area contributed by atoms with Gasteiger partial charge in [0.2, 0.25) is 0 Å². The zero-order valence-corrected chi connectivity index (χ0v) is 10.3. The molecule has 0 bridgehead atoms. The molecule has 3 rings (SSSR count). The second kappa shape index (κ2) is 4.18. The highest BCUT2D eigenvalue weighted by molar-refractivity contribution is 7.13. The highest BCUT2D eigenvalue weighted by Gasteiger charge is 2.06. The van der Waals surface area contributed by atoms with Gasteiger partial charge >= 0.3 is 0 Å². The fourth-order valence-electron chi connectivity index (χ4n) is 1.88. The van der Waals surface area contributed by atoms with E-state index < -0.39 is 0 Å². The molecule has 0 atom stereocenters. The van der Waals surface area contributed by atoms with E-state index in [1.54, 1.807) is 11.3 Å². The van der Waals surface area contributed by atoms with Gasteiger partial charge < -0.3 is 4.98 Å². The summed E-state index contributed by atoms with van der Waals surface area (Å²) in [5.41, 5.74) is 4.59. The summed E-state index contributed by atoms with van der Waals surface area (Å²) in [6.45, 7) is 2.14. The van der Waals surface area contributed by atoms with Crippen molar-refractivity contribution in [2.24, 2.45) is 0 Å². The molecular formula is C14H12N2S. The van der Waals surface area contributed by atoms with Gasteiger partial charge in [0.05, 0.1) is 11.4 Å². The predicted molar refractivity (Wildman–Crippen MR) is 72.1 cm³/mol. The number of nitrogens with one attached hydrogen (secondary N) is 1. The summed E-state index contributed by atoms with van der Waals surface area (Å²) in [5.74, 6) is 0. The molecule has 0 radical (unpaired) electrons. The molecule has 0 unspecified atom stereocenters. The molecule has 0 saturated heterocycles. The van der Waals surface area contributed by atoms with Crippen LogP contribution in [0.1, 0.15) is 5.56 Å². The molecule has 0 fully saturated rings. The largest absolute Gasteiger partial charge is 0.360 e. The fourth-order valence-corrected chi connectivity index (χ4v) is 2.80. The van der Waals surface area contributed by atoms with Crippen LogP contribution in [-0.2, 0) is 0 Å². The van der Waals surface area contributed by atoms with Crippen LogP contribution in [0.25, 0.3) is 21.8 Å². The van der Waals surface area contributed by atoms with Gasteiger partial charge in [0.15, 0.2) is 0 Å². The number of aromatic amines is 1. The standard InChI is InChI=1S/C14H12N2S/c1-10-5-8-17-14(10)11-4-7-16-13(9-11)12-3-2-6-15-12/h2-9,15H,1H3. The molecule has 0 saturated carbocycles. The van der Waals surface area contributed by atoms with Crippen molar-refractivity contribution in [2.75, 3.05) is 0 Å². The second-order valence-electron chi connectivity index (χ2n) is 3.95. The van der Waals surface area contributed by atoms with E-state index in [1.165, 1.54) is 16.0 Å². The van der Waals surface area contributed by atoms with Gasteiger partial charge in [0.1, 0.15) is 0 Å². The van der Waals surface area contributed by atoms with E-state index in [0.717, 1.165) is 11.4 Å². The van der Waals surface area contributed by atoms with E-state index in [2.05, 4.69) is 40.5 Å². The van der Waals surface area contributed by atoms with Crippen molar-refractivity contribution in [3.8, 4) is 21.8 Å². The van der Waals surface area contributed by atoms with Gasteiger partial charge in [-0.1, -0.05) is 0 Å². The summed E-state index contributed by atoms with van der Waals surface area (Å²) < 4.78 is 0. The minimum Gasteiger partial charge on any atom is -0.360 e. The minimum atomic E-state index is 0.986. The zero-order chi connectivity index (χ0) is 11.7. The minimum absolute atomic E-state index is 0.986. The SMILES string of the molecule is Cc1ccsc1-c1ccnc(-c2ccc[nH]2)c1. The molecule has 1 N–H and O–H groups in total. The average Bonchev–Trinajstić information content (AvgIpc) is 2.99. The van der Waals surface area contributed by atoms with Gasteiger partial charge in [-0.2, -0.15) is 0 Å². The van der Waals surface area contributed by atoms with E-state index in [9.17, 15) is 0 Å². The van der Waals surface area contributed by atoms with E-state index in [1.807, 2.05) is 24.5 Å². The summed E-state index contributed by atoms with van der Waals surface area (Å²) in [5, 5.41) is 2.12. The van der Waals surface area contributed by atoms with Crippen LogP contribution in [0.15, 0.2) is 48.1 Å². The molecule has 0 spiro atoms. The molecule has 0 aliphatic carbocycles. The van der Waals surface area contributed by atoms with Crippen LogP contribution in [0.3, 0.4) is 0 Å².